The first-order valence-corrected chi connectivity index (χ1v) is 13.7. The zero-order chi connectivity index (χ0) is 27.0. The van der Waals surface area contributed by atoms with E-state index in [1.807, 2.05) is 39.0 Å². The van der Waals surface area contributed by atoms with Gasteiger partial charge in [-0.25, -0.2) is 0 Å². The molecule has 4 rings (SSSR count). The summed E-state index contributed by atoms with van der Waals surface area (Å²) in [5.74, 6) is 0. The van der Waals surface area contributed by atoms with Gasteiger partial charge in [0.1, 0.15) is 4.90 Å². The van der Waals surface area contributed by atoms with Gasteiger partial charge in [-0.2, -0.15) is 37.3 Å². The summed E-state index contributed by atoms with van der Waals surface area (Å²) in [6.07, 6.45) is 0. The van der Waals surface area contributed by atoms with Crippen molar-refractivity contribution in [1.29, 1.82) is 0 Å². The molecule has 0 spiro atoms. The van der Waals surface area contributed by atoms with E-state index >= 15 is 0 Å². The molecule has 0 heterocycles. The standard InChI is InChI=1S/C25H22N4O6S2/c1-15-4-8-23(16(2)10-15)28-26-19-7-9-24(17(3)11-19)29-27-20-6-5-18-12-21(36(30,31)32)14-25(22(18)13-20)37(33,34)35/h4-14H,1-3H3,(H,30,31,32)(H,33,34,35). The van der Waals surface area contributed by atoms with E-state index in [9.17, 15) is 25.9 Å². The normalized spacial score (nSPS) is 12.7. The van der Waals surface area contributed by atoms with Gasteiger partial charge in [0.25, 0.3) is 20.2 Å². The molecule has 0 aliphatic heterocycles. The van der Waals surface area contributed by atoms with E-state index in [0.717, 1.165) is 28.4 Å². The van der Waals surface area contributed by atoms with Gasteiger partial charge in [0, 0.05) is 5.39 Å². The molecular weight excluding hydrogens is 516 g/mol. The molecule has 2 N–H and O–H groups in total. The zero-order valence-electron chi connectivity index (χ0n) is 20.0. The third-order valence-electron chi connectivity index (χ3n) is 5.53. The van der Waals surface area contributed by atoms with Crippen LogP contribution in [-0.4, -0.2) is 25.9 Å². The summed E-state index contributed by atoms with van der Waals surface area (Å²) in [6, 6.07) is 17.2. The van der Waals surface area contributed by atoms with Gasteiger partial charge in [0.2, 0.25) is 0 Å². The predicted molar refractivity (Wildman–Crippen MR) is 139 cm³/mol. The largest absolute Gasteiger partial charge is 0.295 e. The molecule has 4 aromatic carbocycles. The van der Waals surface area contributed by atoms with Gasteiger partial charge < -0.3 is 0 Å². The highest BCUT2D eigenvalue weighted by atomic mass is 32.2. The Morgan fingerprint density at radius 3 is 1.73 bits per heavy atom. The lowest BCUT2D eigenvalue weighted by Crippen LogP contribution is -2.04. The maximum Gasteiger partial charge on any atom is 0.295 e. The summed E-state index contributed by atoms with van der Waals surface area (Å²) >= 11 is 0. The lowest BCUT2D eigenvalue weighted by atomic mass is 10.1. The van der Waals surface area contributed by atoms with Crippen molar-refractivity contribution in [2.45, 2.75) is 30.6 Å². The molecule has 0 saturated carbocycles. The number of rotatable bonds is 6. The molecule has 4 aromatic rings. The van der Waals surface area contributed by atoms with Crippen molar-refractivity contribution in [2.75, 3.05) is 0 Å². The minimum Gasteiger partial charge on any atom is -0.282 e. The van der Waals surface area contributed by atoms with E-state index in [-0.39, 0.29) is 16.5 Å². The molecule has 0 amide bonds. The third kappa shape index (κ3) is 6.12. The number of hydrogen-bond acceptors (Lipinski definition) is 8. The van der Waals surface area contributed by atoms with Crippen LogP contribution >= 0.6 is 0 Å². The van der Waals surface area contributed by atoms with Crippen LogP contribution in [0.5, 0.6) is 0 Å². The lowest BCUT2D eigenvalue weighted by Gasteiger charge is -2.07. The summed E-state index contributed by atoms with van der Waals surface area (Å²) in [6.45, 7) is 5.81. The van der Waals surface area contributed by atoms with Crippen molar-refractivity contribution in [1.82, 2.24) is 0 Å². The van der Waals surface area contributed by atoms with Gasteiger partial charge >= 0.3 is 0 Å². The van der Waals surface area contributed by atoms with E-state index in [2.05, 4.69) is 20.5 Å². The fraction of sp³-hybridized carbons (Fsp3) is 0.120. The van der Waals surface area contributed by atoms with E-state index in [1.165, 1.54) is 18.2 Å². The van der Waals surface area contributed by atoms with Crippen LogP contribution < -0.4 is 0 Å². The summed E-state index contributed by atoms with van der Waals surface area (Å²) in [7, 11) is -9.50. The van der Waals surface area contributed by atoms with Gasteiger partial charge in [0.15, 0.2) is 0 Å². The van der Waals surface area contributed by atoms with Crippen LogP contribution in [0.25, 0.3) is 10.8 Å². The fourth-order valence-corrected chi connectivity index (χ4v) is 5.01. The van der Waals surface area contributed by atoms with Crippen molar-refractivity contribution >= 4 is 53.8 Å². The number of azo groups is 2. The molecular formula is C25H22N4O6S2. The van der Waals surface area contributed by atoms with E-state index in [0.29, 0.717) is 17.4 Å². The second kappa shape index (κ2) is 9.90. The smallest absolute Gasteiger partial charge is 0.282 e. The van der Waals surface area contributed by atoms with Crippen LogP contribution in [0.1, 0.15) is 16.7 Å². The molecule has 0 aromatic heterocycles. The van der Waals surface area contributed by atoms with Crippen LogP contribution in [0.2, 0.25) is 0 Å². The Morgan fingerprint density at radius 2 is 1.16 bits per heavy atom. The monoisotopic (exact) mass is 538 g/mol. The maximum absolute atomic E-state index is 11.9. The summed E-state index contributed by atoms with van der Waals surface area (Å²) in [5.41, 5.74) is 5.15. The first-order valence-electron chi connectivity index (χ1n) is 10.9. The molecule has 0 saturated heterocycles. The number of fused-ring (bicyclic) bond motifs is 1. The third-order valence-corrected chi connectivity index (χ3v) is 7.25. The first-order chi connectivity index (χ1) is 17.3. The Morgan fingerprint density at radius 1 is 0.595 bits per heavy atom. The predicted octanol–water partition coefficient (Wildman–Crippen LogP) is 7.09. The molecule has 190 valence electrons. The minimum absolute atomic E-state index is 0.0187. The number of benzene rings is 4. The Labute approximate surface area is 213 Å². The summed E-state index contributed by atoms with van der Waals surface area (Å²) in [5, 5.41) is 17.2. The van der Waals surface area contributed by atoms with Gasteiger partial charge in [-0.3, -0.25) is 9.11 Å². The molecule has 0 aliphatic rings. The van der Waals surface area contributed by atoms with Gasteiger partial charge in [-0.15, -0.1) is 0 Å². The average molecular weight is 539 g/mol. The Bertz CT molecular complexity index is 1810. The van der Waals surface area contributed by atoms with Crippen LogP contribution in [-0.2, 0) is 20.2 Å². The van der Waals surface area contributed by atoms with Crippen molar-refractivity contribution in [3.8, 4) is 0 Å². The number of aryl methyl sites for hydroxylation is 3. The molecule has 0 aliphatic carbocycles. The lowest BCUT2D eigenvalue weighted by molar-refractivity contribution is 0.482. The summed E-state index contributed by atoms with van der Waals surface area (Å²) in [4.78, 5) is -1.34. The Balaban J connectivity index is 1.64. The van der Waals surface area contributed by atoms with Crippen molar-refractivity contribution in [2.24, 2.45) is 20.5 Å². The highest BCUT2D eigenvalue weighted by molar-refractivity contribution is 7.86. The van der Waals surface area contributed by atoms with Crippen LogP contribution in [0.4, 0.5) is 22.7 Å². The molecule has 0 atom stereocenters. The zero-order valence-corrected chi connectivity index (χ0v) is 21.6. The van der Waals surface area contributed by atoms with Crippen molar-refractivity contribution in [3.63, 3.8) is 0 Å². The Kier molecular flexibility index (Phi) is 7.02. The number of nitrogens with zero attached hydrogens (tertiary/aromatic N) is 4. The minimum atomic E-state index is -4.81. The highest BCUT2D eigenvalue weighted by Crippen LogP contribution is 2.32. The van der Waals surface area contributed by atoms with E-state index in [4.69, 9.17) is 0 Å². The maximum atomic E-state index is 11.9. The van der Waals surface area contributed by atoms with E-state index in [1.54, 1.807) is 18.2 Å². The van der Waals surface area contributed by atoms with Crippen molar-refractivity contribution in [3.05, 3.63) is 83.4 Å². The fourth-order valence-electron chi connectivity index (χ4n) is 3.66. The molecule has 0 unspecified atom stereocenters. The number of hydrogen-bond donors (Lipinski definition) is 2. The second-order valence-corrected chi connectivity index (χ2v) is 11.2. The van der Waals surface area contributed by atoms with Gasteiger partial charge in [0.05, 0.1) is 27.6 Å². The van der Waals surface area contributed by atoms with Crippen LogP contribution in [0.3, 0.4) is 0 Å². The molecule has 12 heteroatoms. The highest BCUT2D eigenvalue weighted by Gasteiger charge is 2.20. The first kappa shape index (κ1) is 26.2. The van der Waals surface area contributed by atoms with E-state index < -0.39 is 30.0 Å². The van der Waals surface area contributed by atoms with Crippen molar-refractivity contribution < 1.29 is 25.9 Å². The van der Waals surface area contributed by atoms with Gasteiger partial charge in [-0.1, -0.05) is 23.8 Å². The quantitative estimate of drug-likeness (QED) is 0.197. The van der Waals surface area contributed by atoms with Crippen LogP contribution in [0, 0.1) is 20.8 Å². The summed E-state index contributed by atoms with van der Waals surface area (Å²) < 4.78 is 65.7. The van der Waals surface area contributed by atoms with Gasteiger partial charge in [-0.05, 0) is 85.8 Å². The molecule has 0 bridgehead atoms. The molecule has 37 heavy (non-hydrogen) atoms. The SMILES string of the molecule is Cc1ccc(N=Nc2ccc(N=Nc3ccc4cc(S(=O)(=O)O)cc(S(=O)(=O)O)c4c3)c(C)c2)c(C)c1. The average Bonchev–Trinajstić information content (AvgIpc) is 2.81. The molecule has 10 nitrogen and oxygen atoms in total. The Hall–Kier alpha value is -3.84. The molecule has 0 radical (unpaired) electrons. The molecule has 0 fully saturated rings. The second-order valence-electron chi connectivity index (χ2n) is 8.44. The topological polar surface area (TPSA) is 158 Å². The van der Waals surface area contributed by atoms with Crippen LogP contribution in [0.15, 0.2) is 97.0 Å².